The second-order valence-corrected chi connectivity index (χ2v) is 6.01. The Kier molecular flexibility index (Phi) is 4.93. The van der Waals surface area contributed by atoms with E-state index in [-0.39, 0.29) is 5.41 Å². The van der Waals surface area contributed by atoms with Crippen LogP contribution in [-0.2, 0) is 17.7 Å². The van der Waals surface area contributed by atoms with Crippen LogP contribution in [0.4, 0.5) is 0 Å². The van der Waals surface area contributed by atoms with E-state index in [1.165, 1.54) is 0 Å². The lowest BCUT2D eigenvalue weighted by molar-refractivity contribution is 0.147. The Morgan fingerprint density at radius 2 is 2.37 bits per heavy atom. The fourth-order valence-corrected chi connectivity index (χ4v) is 2.64. The van der Waals surface area contributed by atoms with Gasteiger partial charge in [0, 0.05) is 31.5 Å². The van der Waals surface area contributed by atoms with E-state index in [4.69, 9.17) is 4.74 Å². The molecule has 0 aromatic carbocycles. The number of rotatable bonds is 7. The van der Waals surface area contributed by atoms with Gasteiger partial charge in [0.2, 0.25) is 0 Å². The van der Waals surface area contributed by atoms with Gasteiger partial charge in [-0.05, 0) is 18.9 Å². The van der Waals surface area contributed by atoms with Gasteiger partial charge < -0.3 is 10.1 Å². The van der Waals surface area contributed by atoms with Crippen molar-refractivity contribution in [3.63, 3.8) is 0 Å². The predicted octanol–water partition coefficient (Wildman–Crippen LogP) is 1.49. The maximum Gasteiger partial charge on any atom is 0.138 e. The summed E-state index contributed by atoms with van der Waals surface area (Å²) in [7, 11) is 0. The van der Waals surface area contributed by atoms with Crippen molar-refractivity contribution in [3.05, 3.63) is 12.2 Å². The molecule has 5 nitrogen and oxygen atoms in total. The quantitative estimate of drug-likeness (QED) is 0.812. The molecule has 0 saturated carbocycles. The fourth-order valence-electron chi connectivity index (χ4n) is 2.64. The van der Waals surface area contributed by atoms with Gasteiger partial charge >= 0.3 is 0 Å². The summed E-state index contributed by atoms with van der Waals surface area (Å²) in [6.07, 6.45) is 3.73. The molecule has 0 bridgehead atoms. The van der Waals surface area contributed by atoms with Gasteiger partial charge in [0.15, 0.2) is 0 Å². The summed E-state index contributed by atoms with van der Waals surface area (Å²) < 4.78 is 7.68. The van der Waals surface area contributed by atoms with Gasteiger partial charge in [-0.3, -0.25) is 0 Å². The third kappa shape index (κ3) is 3.76. The summed E-state index contributed by atoms with van der Waals surface area (Å²) in [6.45, 7) is 11.2. The Bertz CT molecular complexity index is 383. The molecule has 2 rings (SSSR count). The molecule has 5 heteroatoms. The minimum atomic E-state index is 0.192. The summed E-state index contributed by atoms with van der Waals surface area (Å²) >= 11 is 0. The Morgan fingerprint density at radius 1 is 1.53 bits per heavy atom. The van der Waals surface area contributed by atoms with Gasteiger partial charge in [-0.15, -0.1) is 0 Å². The van der Waals surface area contributed by atoms with Gasteiger partial charge in [0.1, 0.15) is 12.2 Å². The Morgan fingerprint density at radius 3 is 3.00 bits per heavy atom. The molecule has 1 atom stereocenters. The van der Waals surface area contributed by atoms with Crippen LogP contribution in [-0.4, -0.2) is 41.1 Å². The summed E-state index contributed by atoms with van der Waals surface area (Å²) in [4.78, 5) is 4.45. The lowest BCUT2D eigenvalue weighted by Gasteiger charge is -2.27. The lowest BCUT2D eigenvalue weighted by Crippen LogP contribution is -2.37. The molecule has 2 heterocycles. The molecule has 1 aliphatic rings. The third-order valence-corrected chi connectivity index (χ3v) is 3.70. The number of aromatic nitrogens is 3. The smallest absolute Gasteiger partial charge is 0.138 e. The zero-order chi connectivity index (χ0) is 13.7. The van der Waals surface area contributed by atoms with E-state index < -0.39 is 0 Å². The van der Waals surface area contributed by atoms with Crippen LogP contribution in [0.2, 0.25) is 0 Å². The highest BCUT2D eigenvalue weighted by Crippen LogP contribution is 2.31. The monoisotopic (exact) mass is 266 g/mol. The van der Waals surface area contributed by atoms with Gasteiger partial charge in [0.05, 0.1) is 6.61 Å². The summed E-state index contributed by atoms with van der Waals surface area (Å²) in [5.41, 5.74) is 0.192. The normalized spacial score (nSPS) is 23.4. The number of ether oxygens (including phenoxy) is 1. The highest BCUT2D eigenvalue weighted by Gasteiger charge is 2.36. The van der Waals surface area contributed by atoms with E-state index >= 15 is 0 Å². The van der Waals surface area contributed by atoms with E-state index in [0.29, 0.717) is 5.92 Å². The largest absolute Gasteiger partial charge is 0.381 e. The van der Waals surface area contributed by atoms with E-state index in [0.717, 1.165) is 51.5 Å². The standard InChI is InChI=1S/C14H26N4O/c1-4-15-9-14(5-6-19-10-14)7-13-16-11-17-18(13)8-12(2)3/h11-12,15H,4-10H2,1-3H3. The minimum Gasteiger partial charge on any atom is -0.381 e. The van der Waals surface area contributed by atoms with Gasteiger partial charge in [-0.25, -0.2) is 9.67 Å². The summed E-state index contributed by atoms with van der Waals surface area (Å²) in [6, 6.07) is 0. The van der Waals surface area contributed by atoms with Crippen LogP contribution in [0.3, 0.4) is 0 Å². The number of hydrogen-bond acceptors (Lipinski definition) is 4. The zero-order valence-electron chi connectivity index (χ0n) is 12.4. The van der Waals surface area contributed by atoms with E-state index in [1.54, 1.807) is 6.33 Å². The SMILES string of the molecule is CCNCC1(Cc2ncnn2CC(C)C)CCOC1. The van der Waals surface area contributed by atoms with Gasteiger partial charge in [-0.1, -0.05) is 20.8 Å². The van der Waals surface area contributed by atoms with Crippen LogP contribution in [0.15, 0.2) is 6.33 Å². The van der Waals surface area contributed by atoms with Gasteiger partial charge in [0.25, 0.3) is 0 Å². The Balaban J connectivity index is 2.06. The van der Waals surface area contributed by atoms with Crippen molar-refractivity contribution in [1.82, 2.24) is 20.1 Å². The zero-order valence-corrected chi connectivity index (χ0v) is 12.4. The topological polar surface area (TPSA) is 52.0 Å². The molecule has 0 radical (unpaired) electrons. The third-order valence-electron chi connectivity index (χ3n) is 3.70. The molecule has 0 spiro atoms. The first-order valence-electron chi connectivity index (χ1n) is 7.30. The van der Waals surface area contributed by atoms with Crippen molar-refractivity contribution in [2.45, 2.75) is 40.2 Å². The van der Waals surface area contributed by atoms with Crippen LogP contribution in [0.5, 0.6) is 0 Å². The van der Waals surface area contributed by atoms with Crippen LogP contribution in [0, 0.1) is 11.3 Å². The maximum atomic E-state index is 5.63. The molecule has 1 saturated heterocycles. The maximum absolute atomic E-state index is 5.63. The minimum absolute atomic E-state index is 0.192. The summed E-state index contributed by atoms with van der Waals surface area (Å²) in [5.74, 6) is 1.68. The molecule has 0 aliphatic carbocycles. The van der Waals surface area contributed by atoms with Gasteiger partial charge in [-0.2, -0.15) is 5.10 Å². The van der Waals surface area contributed by atoms with E-state index in [2.05, 4.69) is 40.9 Å². The number of nitrogens with one attached hydrogen (secondary N) is 1. The van der Waals surface area contributed by atoms with Crippen molar-refractivity contribution >= 4 is 0 Å². The molecule has 1 aromatic rings. The average Bonchev–Trinajstić information content (AvgIpc) is 2.98. The van der Waals surface area contributed by atoms with Crippen molar-refractivity contribution in [3.8, 4) is 0 Å². The number of hydrogen-bond donors (Lipinski definition) is 1. The van der Waals surface area contributed by atoms with Crippen molar-refractivity contribution in [2.75, 3.05) is 26.3 Å². The van der Waals surface area contributed by atoms with E-state index in [1.807, 2.05) is 0 Å². The van der Waals surface area contributed by atoms with Crippen LogP contribution in [0.1, 0.15) is 33.0 Å². The first-order valence-corrected chi connectivity index (χ1v) is 7.30. The first-order chi connectivity index (χ1) is 9.15. The van der Waals surface area contributed by atoms with Crippen molar-refractivity contribution in [2.24, 2.45) is 11.3 Å². The van der Waals surface area contributed by atoms with Crippen molar-refractivity contribution in [1.29, 1.82) is 0 Å². The molecule has 19 heavy (non-hydrogen) atoms. The molecule has 1 fully saturated rings. The van der Waals surface area contributed by atoms with E-state index in [9.17, 15) is 0 Å². The number of nitrogens with zero attached hydrogens (tertiary/aromatic N) is 3. The molecule has 1 unspecified atom stereocenters. The first kappa shape index (κ1) is 14.5. The molecule has 0 amide bonds. The summed E-state index contributed by atoms with van der Waals surface area (Å²) in [5, 5.41) is 7.82. The predicted molar refractivity (Wildman–Crippen MR) is 75.0 cm³/mol. The Labute approximate surface area is 115 Å². The van der Waals surface area contributed by atoms with Crippen LogP contribution >= 0.6 is 0 Å². The Hall–Kier alpha value is -0.940. The molecular weight excluding hydrogens is 240 g/mol. The average molecular weight is 266 g/mol. The lowest BCUT2D eigenvalue weighted by atomic mass is 9.83. The molecule has 108 valence electrons. The fraction of sp³-hybridized carbons (Fsp3) is 0.857. The second-order valence-electron chi connectivity index (χ2n) is 6.01. The van der Waals surface area contributed by atoms with Crippen LogP contribution < -0.4 is 5.32 Å². The molecular formula is C14H26N4O. The molecule has 1 N–H and O–H groups in total. The highest BCUT2D eigenvalue weighted by atomic mass is 16.5. The second kappa shape index (κ2) is 6.48. The molecule has 1 aliphatic heterocycles. The molecule has 1 aromatic heterocycles. The van der Waals surface area contributed by atoms with Crippen molar-refractivity contribution < 1.29 is 4.74 Å². The highest BCUT2D eigenvalue weighted by molar-refractivity contribution is 4.97. The van der Waals surface area contributed by atoms with Crippen LogP contribution in [0.25, 0.3) is 0 Å².